The summed E-state index contributed by atoms with van der Waals surface area (Å²) in [6.45, 7) is 12.6. The molecule has 0 saturated carbocycles. The Morgan fingerprint density at radius 3 is 2.29 bits per heavy atom. The molecule has 186 valence electrons. The van der Waals surface area contributed by atoms with Crippen molar-refractivity contribution in [1.82, 2.24) is 20.2 Å². The number of ether oxygens (including phenoxy) is 3. The molecule has 34 heavy (non-hydrogen) atoms. The van der Waals surface area contributed by atoms with Crippen molar-refractivity contribution in [2.75, 3.05) is 6.54 Å². The molecule has 0 aliphatic carbocycles. The maximum atomic E-state index is 13.2. The second-order valence-corrected chi connectivity index (χ2v) is 12.6. The van der Waals surface area contributed by atoms with Crippen molar-refractivity contribution >= 4 is 41.3 Å². The number of rotatable bonds is 4. The molecule has 4 heterocycles. The van der Waals surface area contributed by atoms with Crippen LogP contribution in [0.5, 0.6) is 0 Å². The molecule has 1 aromatic heterocycles. The molecule has 0 bridgehead atoms. The lowest BCUT2D eigenvalue weighted by Gasteiger charge is -2.51. The number of hydrogen-bond acceptors (Lipinski definition) is 12. The van der Waals surface area contributed by atoms with Gasteiger partial charge in [-0.2, -0.15) is 0 Å². The van der Waals surface area contributed by atoms with Crippen molar-refractivity contribution < 1.29 is 33.4 Å². The van der Waals surface area contributed by atoms with E-state index in [0.717, 1.165) is 5.01 Å². The molecule has 1 aromatic rings. The van der Waals surface area contributed by atoms with Gasteiger partial charge in [-0.3, -0.25) is 9.69 Å². The van der Waals surface area contributed by atoms with Crippen LogP contribution >= 0.6 is 23.1 Å². The lowest BCUT2D eigenvalue weighted by Crippen LogP contribution is -2.72. The van der Waals surface area contributed by atoms with E-state index in [-0.39, 0.29) is 23.8 Å². The minimum Gasteiger partial charge on any atom is -0.428 e. The summed E-state index contributed by atoms with van der Waals surface area (Å²) in [5.74, 6) is -0.309. The Morgan fingerprint density at radius 1 is 1.06 bits per heavy atom. The van der Waals surface area contributed by atoms with Crippen molar-refractivity contribution in [2.45, 2.75) is 82.5 Å². The van der Waals surface area contributed by atoms with Gasteiger partial charge in [0.05, 0.1) is 10.9 Å². The third-order valence-corrected chi connectivity index (χ3v) is 7.20. The maximum Gasteiger partial charge on any atom is 0.528 e. The second-order valence-electron chi connectivity index (χ2n) is 10.2. The fourth-order valence-corrected chi connectivity index (χ4v) is 6.13. The van der Waals surface area contributed by atoms with Gasteiger partial charge in [-0.15, -0.1) is 15.3 Å². The molecule has 3 aliphatic heterocycles. The van der Waals surface area contributed by atoms with Crippen LogP contribution in [0.1, 0.15) is 53.0 Å². The first kappa shape index (κ1) is 24.7. The minimum absolute atomic E-state index is 0.118. The highest BCUT2D eigenvalue weighted by Crippen LogP contribution is 2.54. The van der Waals surface area contributed by atoms with E-state index in [4.69, 9.17) is 19.0 Å². The summed E-state index contributed by atoms with van der Waals surface area (Å²) in [4.78, 5) is 45.4. The van der Waals surface area contributed by atoms with Gasteiger partial charge in [0, 0.05) is 12.5 Å². The Bertz CT molecular complexity index is 1040. The average Bonchev–Trinajstić information content (AvgIpc) is 3.18. The predicted octanol–water partition coefficient (Wildman–Crippen LogP) is 3.84. The molecule has 13 heteroatoms. The van der Waals surface area contributed by atoms with E-state index in [1.807, 2.05) is 6.92 Å². The van der Waals surface area contributed by atoms with Crippen molar-refractivity contribution in [3.63, 3.8) is 0 Å². The normalized spacial score (nSPS) is 24.5. The number of carbonyl (C=O) groups is 3. The number of amides is 1. The number of aryl methyl sites for hydroxylation is 1. The zero-order valence-electron chi connectivity index (χ0n) is 20.1. The van der Waals surface area contributed by atoms with E-state index in [0.29, 0.717) is 22.2 Å². The lowest BCUT2D eigenvalue weighted by molar-refractivity contribution is -0.223. The molecule has 11 nitrogen and oxygen atoms in total. The number of thioether (sulfide) groups is 1. The molecular weight excluding hydrogens is 484 g/mol. The minimum atomic E-state index is -0.897. The Balaban J connectivity index is 1.57. The summed E-state index contributed by atoms with van der Waals surface area (Å²) in [7, 11) is 0. The maximum absolute atomic E-state index is 13.2. The molecule has 4 rings (SSSR count). The van der Waals surface area contributed by atoms with Crippen molar-refractivity contribution in [2.24, 2.45) is 5.92 Å². The van der Waals surface area contributed by atoms with Crippen LogP contribution in [-0.4, -0.2) is 68.2 Å². The second kappa shape index (κ2) is 8.68. The van der Waals surface area contributed by atoms with Gasteiger partial charge in [-0.25, -0.2) is 9.59 Å². The van der Waals surface area contributed by atoms with Gasteiger partial charge in [0.15, 0.2) is 4.34 Å². The van der Waals surface area contributed by atoms with Crippen molar-refractivity contribution in [3.05, 3.63) is 15.8 Å². The van der Waals surface area contributed by atoms with Crippen LogP contribution in [0.2, 0.25) is 0 Å². The van der Waals surface area contributed by atoms with Crippen LogP contribution < -0.4 is 0 Å². The molecule has 0 N–H and O–H groups in total. The largest absolute Gasteiger partial charge is 0.528 e. The highest BCUT2D eigenvalue weighted by molar-refractivity contribution is 8.04. The Kier molecular flexibility index (Phi) is 6.32. The Labute approximate surface area is 205 Å². The van der Waals surface area contributed by atoms with Gasteiger partial charge < -0.3 is 19.0 Å². The van der Waals surface area contributed by atoms with E-state index in [1.165, 1.54) is 33.1 Å². The van der Waals surface area contributed by atoms with Crippen LogP contribution in [0.3, 0.4) is 0 Å². The van der Waals surface area contributed by atoms with Crippen LogP contribution in [0.15, 0.2) is 15.1 Å². The lowest BCUT2D eigenvalue weighted by atomic mass is 9.82. The molecular formula is C21H28N4O7S2. The van der Waals surface area contributed by atoms with Gasteiger partial charge >= 0.3 is 12.3 Å². The molecule has 3 atom stereocenters. The predicted molar refractivity (Wildman–Crippen MR) is 121 cm³/mol. The van der Waals surface area contributed by atoms with Crippen LogP contribution in [-0.2, 0) is 23.8 Å². The first-order valence-corrected chi connectivity index (χ1v) is 12.5. The Morgan fingerprint density at radius 2 is 1.71 bits per heavy atom. The summed E-state index contributed by atoms with van der Waals surface area (Å²) >= 11 is 2.74. The van der Waals surface area contributed by atoms with E-state index in [2.05, 4.69) is 10.2 Å². The van der Waals surface area contributed by atoms with Crippen LogP contribution in [0.4, 0.5) is 9.59 Å². The molecule has 0 spiro atoms. The standard InChI is InChI=1S/C21H28N4O7S2/c1-10-22-23-17(33-10)34-14-11-8-9-24(32-19(28)31-21(5,6)7)13-12(11)25(15(13)26)16(14)29-18(27)30-20(2,3)4/h11-13H,8-9H2,1-7H3/t11?,12-,13+/m1/s1. The summed E-state index contributed by atoms with van der Waals surface area (Å²) in [6, 6.07) is -1.05. The van der Waals surface area contributed by atoms with Crippen LogP contribution in [0, 0.1) is 12.8 Å². The molecule has 1 amide bonds. The number of piperidine rings is 1. The number of carbonyl (C=O) groups excluding carboxylic acids is 3. The zero-order valence-corrected chi connectivity index (χ0v) is 21.7. The number of β-lactam (4-membered cyclic amide) rings is 1. The van der Waals surface area contributed by atoms with Gasteiger partial charge in [0.2, 0.25) is 5.88 Å². The van der Waals surface area contributed by atoms with Gasteiger partial charge in [0.25, 0.3) is 5.91 Å². The van der Waals surface area contributed by atoms with E-state index >= 15 is 0 Å². The van der Waals surface area contributed by atoms with Gasteiger partial charge in [-0.1, -0.05) is 23.1 Å². The van der Waals surface area contributed by atoms with E-state index < -0.39 is 29.6 Å². The molecule has 2 fully saturated rings. The third-order valence-electron chi connectivity index (χ3n) is 5.12. The third kappa shape index (κ3) is 5.01. The van der Waals surface area contributed by atoms with E-state index in [9.17, 15) is 14.4 Å². The average molecular weight is 513 g/mol. The first-order chi connectivity index (χ1) is 15.7. The fourth-order valence-electron chi connectivity index (χ4n) is 4.01. The topological polar surface area (TPSA) is 120 Å². The smallest absolute Gasteiger partial charge is 0.428 e. The fraction of sp³-hybridized carbons (Fsp3) is 0.667. The monoisotopic (exact) mass is 512 g/mol. The number of hydroxylamine groups is 2. The summed E-state index contributed by atoms with van der Waals surface area (Å²) < 4.78 is 16.8. The molecule has 1 unspecified atom stereocenters. The van der Waals surface area contributed by atoms with Gasteiger partial charge in [-0.05, 0) is 54.9 Å². The number of hydrogen-bond donors (Lipinski definition) is 0. The van der Waals surface area contributed by atoms with E-state index in [1.54, 1.807) is 41.5 Å². The SMILES string of the molecule is Cc1nnc(SC2=C(OC(=O)OC(C)(C)C)N3C(=O)[C@@H]4[C@H]3C2CCN4OC(=O)OC(C)(C)C)s1. The highest BCUT2D eigenvalue weighted by Gasteiger charge is 2.65. The van der Waals surface area contributed by atoms with Crippen molar-refractivity contribution in [1.29, 1.82) is 0 Å². The first-order valence-electron chi connectivity index (χ1n) is 10.9. The molecule has 2 saturated heterocycles. The number of aromatic nitrogens is 2. The summed E-state index contributed by atoms with van der Waals surface area (Å²) in [5.41, 5.74) is -1.48. The van der Waals surface area contributed by atoms with Gasteiger partial charge in [0.1, 0.15) is 22.3 Å². The van der Waals surface area contributed by atoms with Crippen LogP contribution in [0.25, 0.3) is 0 Å². The quantitative estimate of drug-likeness (QED) is 0.432. The molecule has 0 aromatic carbocycles. The summed E-state index contributed by atoms with van der Waals surface area (Å²) in [6.07, 6.45) is -1.20. The highest BCUT2D eigenvalue weighted by atomic mass is 32.2. The zero-order chi connectivity index (χ0) is 25.0. The molecule has 3 aliphatic rings. The number of nitrogens with zero attached hydrogens (tertiary/aromatic N) is 4. The molecule has 0 radical (unpaired) electrons. The Hall–Kier alpha value is -2.38. The van der Waals surface area contributed by atoms with Crippen molar-refractivity contribution in [3.8, 4) is 0 Å². The summed E-state index contributed by atoms with van der Waals surface area (Å²) in [5, 5.41) is 10.4.